The Morgan fingerprint density at radius 2 is 1.62 bits per heavy atom. The number of ether oxygens (including phenoxy) is 1. The standard InChI is InChI=1S/C32H36N4O4/c1-5-40-27-11-6-23(20-26(27)21(2)3)30(37)28-29(22-12-14-33-15-13-22)36(32(39)31(28)38)25-9-7-24(8-10-25)35-18-16-34(4)17-19-35/h6-15,20-21,29,37H,5,16-19H2,1-4H3/b30-28-. The summed E-state index contributed by atoms with van der Waals surface area (Å²) in [6.45, 7) is 10.4. The monoisotopic (exact) mass is 540 g/mol. The molecular weight excluding hydrogens is 504 g/mol. The Morgan fingerprint density at radius 1 is 0.975 bits per heavy atom. The van der Waals surface area contributed by atoms with Crippen molar-refractivity contribution in [3.8, 4) is 5.75 Å². The molecule has 208 valence electrons. The van der Waals surface area contributed by atoms with Crippen molar-refractivity contribution < 1.29 is 19.4 Å². The Bertz CT molecular complexity index is 1410. The number of benzene rings is 2. The Morgan fingerprint density at radius 3 is 2.25 bits per heavy atom. The van der Waals surface area contributed by atoms with Gasteiger partial charge in [-0.1, -0.05) is 13.8 Å². The lowest BCUT2D eigenvalue weighted by Gasteiger charge is -2.34. The molecule has 2 saturated heterocycles. The SMILES string of the molecule is CCOc1ccc(/C(O)=C2/C(=O)C(=O)N(c3ccc(N4CCN(C)CC4)cc3)C2c2ccncc2)cc1C(C)C. The number of aromatic nitrogens is 1. The van der Waals surface area contributed by atoms with Gasteiger partial charge in [-0.05, 0) is 85.6 Å². The van der Waals surface area contributed by atoms with Crippen LogP contribution in [0.2, 0.25) is 0 Å². The van der Waals surface area contributed by atoms with Crippen molar-refractivity contribution in [2.45, 2.75) is 32.7 Å². The zero-order valence-electron chi connectivity index (χ0n) is 23.5. The van der Waals surface area contributed by atoms with Crippen LogP contribution in [0.25, 0.3) is 5.76 Å². The topological polar surface area (TPSA) is 86.2 Å². The minimum absolute atomic E-state index is 0.0539. The predicted molar refractivity (Wildman–Crippen MR) is 157 cm³/mol. The van der Waals surface area contributed by atoms with Gasteiger partial charge in [0.1, 0.15) is 11.5 Å². The minimum atomic E-state index is -0.799. The molecule has 1 unspecified atom stereocenters. The quantitative estimate of drug-likeness (QED) is 0.257. The number of likely N-dealkylation sites (N-methyl/N-ethyl adjacent to an activating group) is 1. The summed E-state index contributed by atoms with van der Waals surface area (Å²) in [4.78, 5) is 37.3. The van der Waals surface area contributed by atoms with E-state index in [0.717, 1.165) is 43.2 Å². The highest BCUT2D eigenvalue weighted by Crippen LogP contribution is 2.43. The van der Waals surface area contributed by atoms with Crippen LogP contribution in [0.5, 0.6) is 5.75 Å². The molecule has 3 aromatic rings. The van der Waals surface area contributed by atoms with E-state index in [1.165, 1.54) is 4.90 Å². The molecule has 0 radical (unpaired) electrons. The van der Waals surface area contributed by atoms with Gasteiger partial charge in [-0.2, -0.15) is 0 Å². The number of rotatable bonds is 7. The molecule has 0 spiro atoms. The molecule has 2 aromatic carbocycles. The van der Waals surface area contributed by atoms with Crippen LogP contribution in [0, 0.1) is 0 Å². The maximum atomic E-state index is 13.6. The van der Waals surface area contributed by atoms with Gasteiger partial charge in [0.05, 0.1) is 18.2 Å². The third kappa shape index (κ3) is 5.19. The second kappa shape index (κ2) is 11.5. The van der Waals surface area contributed by atoms with E-state index >= 15 is 0 Å². The summed E-state index contributed by atoms with van der Waals surface area (Å²) in [5, 5.41) is 11.6. The van der Waals surface area contributed by atoms with Crippen LogP contribution in [-0.2, 0) is 9.59 Å². The van der Waals surface area contributed by atoms with Crippen LogP contribution in [0.3, 0.4) is 0 Å². The highest BCUT2D eigenvalue weighted by atomic mass is 16.5. The Balaban J connectivity index is 1.57. The Labute approximate surface area is 235 Å². The van der Waals surface area contributed by atoms with Crippen LogP contribution < -0.4 is 14.5 Å². The molecule has 1 atom stereocenters. The fraction of sp³-hybridized carbons (Fsp3) is 0.344. The van der Waals surface area contributed by atoms with Crippen molar-refractivity contribution in [3.05, 3.63) is 89.3 Å². The average Bonchev–Trinajstić information content (AvgIpc) is 3.24. The fourth-order valence-corrected chi connectivity index (χ4v) is 5.44. The van der Waals surface area contributed by atoms with Gasteiger partial charge >= 0.3 is 0 Å². The summed E-state index contributed by atoms with van der Waals surface area (Å²) in [7, 11) is 2.12. The fourth-order valence-electron chi connectivity index (χ4n) is 5.44. The lowest BCUT2D eigenvalue weighted by molar-refractivity contribution is -0.132. The molecule has 2 aliphatic heterocycles. The van der Waals surface area contributed by atoms with Crippen LogP contribution in [0.1, 0.15) is 49.4 Å². The molecule has 0 bridgehead atoms. The van der Waals surface area contributed by atoms with Gasteiger partial charge in [-0.3, -0.25) is 19.5 Å². The van der Waals surface area contributed by atoms with Crippen molar-refractivity contribution in [3.63, 3.8) is 0 Å². The van der Waals surface area contributed by atoms with Gasteiger partial charge in [0.2, 0.25) is 0 Å². The molecule has 1 N–H and O–H groups in total. The summed E-state index contributed by atoms with van der Waals surface area (Å²) < 4.78 is 5.78. The Hall–Kier alpha value is -4.17. The first kappa shape index (κ1) is 27.4. The normalized spacial score (nSPS) is 19.5. The first-order valence-corrected chi connectivity index (χ1v) is 13.8. The molecule has 3 heterocycles. The van der Waals surface area contributed by atoms with Crippen molar-refractivity contribution >= 4 is 28.8 Å². The average molecular weight is 541 g/mol. The highest BCUT2D eigenvalue weighted by molar-refractivity contribution is 6.51. The number of carbonyl (C=O) groups excluding carboxylic acids is 2. The number of Topliss-reactive ketones (excluding diaryl/α,β-unsaturated/α-hetero) is 1. The van der Waals surface area contributed by atoms with Gasteiger partial charge < -0.3 is 19.6 Å². The van der Waals surface area contributed by atoms with Gasteiger partial charge in [0.25, 0.3) is 11.7 Å². The number of nitrogens with zero attached hydrogens (tertiary/aromatic N) is 4. The maximum absolute atomic E-state index is 13.6. The molecule has 2 fully saturated rings. The lowest BCUT2D eigenvalue weighted by Crippen LogP contribution is -2.44. The number of anilines is 2. The summed E-state index contributed by atoms with van der Waals surface area (Å²) in [6.07, 6.45) is 3.25. The number of hydrogen-bond acceptors (Lipinski definition) is 7. The van der Waals surface area contributed by atoms with Crippen LogP contribution >= 0.6 is 0 Å². The molecule has 1 aromatic heterocycles. The summed E-state index contributed by atoms with van der Waals surface area (Å²) >= 11 is 0. The van der Waals surface area contributed by atoms with Crippen molar-refractivity contribution in [1.29, 1.82) is 0 Å². The van der Waals surface area contributed by atoms with Gasteiger partial charge in [0.15, 0.2) is 0 Å². The third-order valence-corrected chi connectivity index (χ3v) is 7.67. The second-order valence-electron chi connectivity index (χ2n) is 10.6. The molecular formula is C32H36N4O4. The van der Waals surface area contributed by atoms with E-state index in [4.69, 9.17) is 4.74 Å². The van der Waals surface area contributed by atoms with Gasteiger partial charge in [-0.25, -0.2) is 0 Å². The molecule has 40 heavy (non-hydrogen) atoms. The number of aliphatic hydroxyl groups is 1. The highest BCUT2D eigenvalue weighted by Gasteiger charge is 2.47. The first-order chi connectivity index (χ1) is 19.3. The van der Waals surface area contributed by atoms with E-state index < -0.39 is 17.7 Å². The van der Waals surface area contributed by atoms with Gasteiger partial charge in [-0.15, -0.1) is 0 Å². The second-order valence-corrected chi connectivity index (χ2v) is 10.6. The maximum Gasteiger partial charge on any atom is 0.300 e. The molecule has 8 heteroatoms. The predicted octanol–water partition coefficient (Wildman–Crippen LogP) is 4.98. The van der Waals surface area contributed by atoms with E-state index in [1.54, 1.807) is 30.6 Å². The van der Waals surface area contributed by atoms with Crippen molar-refractivity contribution in [2.24, 2.45) is 0 Å². The summed E-state index contributed by atoms with van der Waals surface area (Å²) in [6, 6.07) is 15.9. The number of piperazine rings is 1. The van der Waals surface area contributed by atoms with Crippen molar-refractivity contribution in [1.82, 2.24) is 9.88 Å². The van der Waals surface area contributed by atoms with Crippen LogP contribution in [-0.4, -0.2) is 66.5 Å². The lowest BCUT2D eigenvalue weighted by atomic mass is 9.93. The molecule has 2 aliphatic rings. The zero-order chi connectivity index (χ0) is 28.4. The summed E-state index contributed by atoms with van der Waals surface area (Å²) in [5.41, 5.74) is 3.79. The molecule has 1 amide bonds. The number of carbonyl (C=O) groups is 2. The third-order valence-electron chi connectivity index (χ3n) is 7.67. The number of ketones is 1. The largest absolute Gasteiger partial charge is 0.507 e. The van der Waals surface area contributed by atoms with E-state index in [2.05, 4.69) is 21.8 Å². The molecule has 0 saturated carbocycles. The smallest absolute Gasteiger partial charge is 0.300 e. The molecule has 8 nitrogen and oxygen atoms in total. The van der Waals surface area contributed by atoms with E-state index in [1.807, 2.05) is 57.2 Å². The summed E-state index contributed by atoms with van der Waals surface area (Å²) in [5.74, 6) is -0.734. The van der Waals surface area contributed by atoms with E-state index in [-0.39, 0.29) is 17.3 Å². The number of amides is 1. The van der Waals surface area contributed by atoms with Crippen molar-refractivity contribution in [2.75, 3.05) is 49.6 Å². The molecule has 5 rings (SSSR count). The van der Waals surface area contributed by atoms with E-state index in [0.29, 0.717) is 23.4 Å². The minimum Gasteiger partial charge on any atom is -0.507 e. The van der Waals surface area contributed by atoms with Crippen LogP contribution in [0.15, 0.2) is 72.6 Å². The molecule has 0 aliphatic carbocycles. The van der Waals surface area contributed by atoms with Crippen LogP contribution in [0.4, 0.5) is 11.4 Å². The Kier molecular flexibility index (Phi) is 7.89. The number of pyridine rings is 1. The first-order valence-electron chi connectivity index (χ1n) is 13.8. The van der Waals surface area contributed by atoms with E-state index in [9.17, 15) is 14.7 Å². The number of hydrogen-bond donors (Lipinski definition) is 1. The zero-order valence-corrected chi connectivity index (χ0v) is 23.5. The van der Waals surface area contributed by atoms with Gasteiger partial charge in [0, 0.05) is 55.5 Å². The number of aliphatic hydroxyl groups excluding tert-OH is 1.